The maximum atomic E-state index is 6.12. The second kappa shape index (κ2) is 7.23. The average Bonchev–Trinajstić information content (AvgIpc) is 3.32. The standard InChI is InChI=1S/C16H17ClN6S2/c1-2-13-18-12(17)10-14(19-13)22-5-7-23(8-6-22)16-21-20-15(25-16)11-4-3-9-24-11/h3-4,9-10H,2,5-8H2,1H3. The van der Waals surface area contributed by atoms with Gasteiger partial charge in [-0.3, -0.25) is 0 Å². The lowest BCUT2D eigenvalue weighted by Gasteiger charge is -2.35. The zero-order valence-electron chi connectivity index (χ0n) is 13.7. The van der Waals surface area contributed by atoms with E-state index in [1.54, 1.807) is 22.7 Å². The summed E-state index contributed by atoms with van der Waals surface area (Å²) >= 11 is 9.46. The van der Waals surface area contributed by atoms with Crippen molar-refractivity contribution in [1.82, 2.24) is 20.2 Å². The Morgan fingerprint density at radius 3 is 2.64 bits per heavy atom. The van der Waals surface area contributed by atoms with Crippen LogP contribution in [0.2, 0.25) is 5.15 Å². The SMILES string of the molecule is CCc1nc(Cl)cc(N2CCN(c3nnc(-c4cccs4)s3)CC2)n1. The van der Waals surface area contributed by atoms with Crippen LogP contribution in [0.1, 0.15) is 12.7 Å². The van der Waals surface area contributed by atoms with E-state index in [-0.39, 0.29) is 0 Å². The van der Waals surface area contributed by atoms with E-state index in [2.05, 4.69) is 41.4 Å². The van der Waals surface area contributed by atoms with Gasteiger partial charge in [0.15, 0.2) is 5.01 Å². The van der Waals surface area contributed by atoms with Gasteiger partial charge < -0.3 is 9.80 Å². The van der Waals surface area contributed by atoms with Gasteiger partial charge in [-0.15, -0.1) is 21.5 Å². The molecule has 1 saturated heterocycles. The summed E-state index contributed by atoms with van der Waals surface area (Å²) in [6, 6.07) is 5.96. The maximum absolute atomic E-state index is 6.12. The van der Waals surface area contributed by atoms with Gasteiger partial charge in [0.1, 0.15) is 16.8 Å². The monoisotopic (exact) mass is 392 g/mol. The third kappa shape index (κ3) is 3.61. The molecule has 1 aliphatic heterocycles. The largest absolute Gasteiger partial charge is 0.353 e. The zero-order valence-corrected chi connectivity index (χ0v) is 16.1. The molecule has 25 heavy (non-hydrogen) atoms. The van der Waals surface area contributed by atoms with Crippen LogP contribution in [0, 0.1) is 0 Å². The first-order chi connectivity index (χ1) is 12.2. The number of thiophene rings is 1. The summed E-state index contributed by atoms with van der Waals surface area (Å²) in [5.41, 5.74) is 0. The van der Waals surface area contributed by atoms with Crippen molar-refractivity contribution in [3.8, 4) is 9.88 Å². The summed E-state index contributed by atoms with van der Waals surface area (Å²) in [6.45, 7) is 5.58. The highest BCUT2D eigenvalue weighted by molar-refractivity contribution is 7.22. The Balaban J connectivity index is 1.44. The molecular formula is C16H17ClN6S2. The van der Waals surface area contributed by atoms with Crippen LogP contribution in [0.25, 0.3) is 9.88 Å². The van der Waals surface area contributed by atoms with Crippen LogP contribution in [0.4, 0.5) is 10.9 Å². The van der Waals surface area contributed by atoms with E-state index in [0.717, 1.165) is 54.4 Å². The quantitative estimate of drug-likeness (QED) is 0.632. The predicted molar refractivity (Wildman–Crippen MR) is 104 cm³/mol. The highest BCUT2D eigenvalue weighted by Gasteiger charge is 2.22. The molecule has 0 amide bonds. The number of piperazine rings is 1. The first-order valence-corrected chi connectivity index (χ1v) is 10.2. The molecule has 3 aromatic heterocycles. The Morgan fingerprint density at radius 1 is 1.12 bits per heavy atom. The highest BCUT2D eigenvalue weighted by Crippen LogP contribution is 2.32. The second-order valence-electron chi connectivity index (χ2n) is 5.66. The highest BCUT2D eigenvalue weighted by atomic mass is 35.5. The molecule has 0 radical (unpaired) electrons. The molecular weight excluding hydrogens is 376 g/mol. The molecule has 0 spiro atoms. The molecule has 9 heteroatoms. The summed E-state index contributed by atoms with van der Waals surface area (Å²) in [5, 5.41) is 13.2. The minimum Gasteiger partial charge on any atom is -0.353 e. The van der Waals surface area contributed by atoms with Crippen LogP contribution in [0.3, 0.4) is 0 Å². The Labute approximate surface area is 159 Å². The predicted octanol–water partition coefficient (Wildman–Crippen LogP) is 3.60. The minimum absolute atomic E-state index is 0.508. The van der Waals surface area contributed by atoms with Gasteiger partial charge in [-0.05, 0) is 11.4 Å². The lowest BCUT2D eigenvalue weighted by Crippen LogP contribution is -2.46. The number of hydrogen-bond acceptors (Lipinski definition) is 8. The first-order valence-electron chi connectivity index (χ1n) is 8.13. The van der Waals surface area contributed by atoms with E-state index in [1.165, 1.54) is 4.88 Å². The van der Waals surface area contributed by atoms with Gasteiger partial charge in [-0.2, -0.15) is 0 Å². The molecule has 0 atom stereocenters. The molecule has 4 rings (SSSR count). The summed E-state index contributed by atoms with van der Waals surface area (Å²) in [7, 11) is 0. The third-order valence-electron chi connectivity index (χ3n) is 4.06. The fourth-order valence-electron chi connectivity index (χ4n) is 2.74. The molecule has 6 nitrogen and oxygen atoms in total. The van der Waals surface area contributed by atoms with Crippen molar-refractivity contribution in [3.63, 3.8) is 0 Å². The van der Waals surface area contributed by atoms with Gasteiger partial charge in [0.25, 0.3) is 0 Å². The van der Waals surface area contributed by atoms with Crippen LogP contribution in [-0.4, -0.2) is 46.3 Å². The average molecular weight is 393 g/mol. The Bertz CT molecular complexity index is 842. The van der Waals surface area contributed by atoms with Gasteiger partial charge in [0.05, 0.1) is 4.88 Å². The normalized spacial score (nSPS) is 15.0. The van der Waals surface area contributed by atoms with Crippen molar-refractivity contribution in [2.75, 3.05) is 36.0 Å². The van der Waals surface area contributed by atoms with Crippen LogP contribution in [0.15, 0.2) is 23.6 Å². The summed E-state index contributed by atoms with van der Waals surface area (Å²) in [6.07, 6.45) is 0.782. The number of halogens is 1. The first kappa shape index (κ1) is 16.7. The maximum Gasteiger partial charge on any atom is 0.208 e. The van der Waals surface area contributed by atoms with E-state index >= 15 is 0 Å². The fraction of sp³-hybridized carbons (Fsp3) is 0.375. The number of hydrogen-bond donors (Lipinski definition) is 0. The molecule has 0 N–H and O–H groups in total. The molecule has 3 aromatic rings. The Morgan fingerprint density at radius 2 is 1.92 bits per heavy atom. The van der Waals surface area contributed by atoms with Gasteiger partial charge in [-0.25, -0.2) is 9.97 Å². The van der Waals surface area contributed by atoms with Gasteiger partial charge >= 0.3 is 0 Å². The van der Waals surface area contributed by atoms with Gasteiger partial charge in [0.2, 0.25) is 5.13 Å². The number of aryl methyl sites for hydroxylation is 1. The Hall–Kier alpha value is -1.77. The number of aromatic nitrogens is 4. The third-order valence-corrected chi connectivity index (χ3v) is 6.28. The van der Waals surface area contributed by atoms with E-state index < -0.39 is 0 Å². The minimum atomic E-state index is 0.508. The van der Waals surface area contributed by atoms with Crippen LogP contribution >= 0.6 is 34.3 Å². The fourth-order valence-corrected chi connectivity index (χ4v) is 4.63. The van der Waals surface area contributed by atoms with Crippen LogP contribution in [0.5, 0.6) is 0 Å². The smallest absolute Gasteiger partial charge is 0.208 e. The number of rotatable bonds is 4. The topological polar surface area (TPSA) is 58.0 Å². The number of nitrogens with zero attached hydrogens (tertiary/aromatic N) is 6. The van der Waals surface area contributed by atoms with E-state index in [9.17, 15) is 0 Å². The van der Waals surface area contributed by atoms with Crippen molar-refractivity contribution in [2.45, 2.75) is 13.3 Å². The zero-order chi connectivity index (χ0) is 17.2. The number of anilines is 2. The van der Waals surface area contributed by atoms with Crippen molar-refractivity contribution in [1.29, 1.82) is 0 Å². The molecule has 130 valence electrons. The molecule has 0 aliphatic carbocycles. The summed E-state index contributed by atoms with van der Waals surface area (Å²) < 4.78 is 0. The van der Waals surface area contributed by atoms with Gasteiger partial charge in [0, 0.05) is 38.7 Å². The molecule has 0 unspecified atom stereocenters. The van der Waals surface area contributed by atoms with Crippen molar-refractivity contribution in [2.24, 2.45) is 0 Å². The molecule has 0 bridgehead atoms. The van der Waals surface area contributed by atoms with Crippen molar-refractivity contribution >= 4 is 45.2 Å². The molecule has 1 aliphatic rings. The van der Waals surface area contributed by atoms with Crippen LogP contribution < -0.4 is 9.80 Å². The van der Waals surface area contributed by atoms with Crippen molar-refractivity contribution in [3.05, 3.63) is 34.6 Å². The second-order valence-corrected chi connectivity index (χ2v) is 7.95. The molecule has 4 heterocycles. The molecule has 0 saturated carbocycles. The van der Waals surface area contributed by atoms with Gasteiger partial charge in [-0.1, -0.05) is 35.9 Å². The summed E-state index contributed by atoms with van der Waals surface area (Å²) in [5.74, 6) is 1.70. The van der Waals surface area contributed by atoms with E-state index in [1.807, 2.05) is 19.1 Å². The lowest BCUT2D eigenvalue weighted by molar-refractivity contribution is 0.641. The molecule has 1 fully saturated rings. The Kier molecular flexibility index (Phi) is 4.82. The lowest BCUT2D eigenvalue weighted by atomic mass is 10.3. The summed E-state index contributed by atoms with van der Waals surface area (Å²) in [4.78, 5) is 14.5. The molecule has 0 aromatic carbocycles. The van der Waals surface area contributed by atoms with Crippen LogP contribution in [-0.2, 0) is 6.42 Å². The van der Waals surface area contributed by atoms with Crippen molar-refractivity contribution < 1.29 is 0 Å². The van der Waals surface area contributed by atoms with E-state index in [0.29, 0.717) is 5.15 Å². The van der Waals surface area contributed by atoms with E-state index in [4.69, 9.17) is 11.6 Å².